The summed E-state index contributed by atoms with van der Waals surface area (Å²) in [5.74, 6) is 0.234. The van der Waals surface area contributed by atoms with Crippen molar-refractivity contribution in [2.45, 2.75) is 6.92 Å². The fraction of sp³-hybridized carbons (Fsp3) is 0.0833. The molecule has 0 aliphatic heterocycles. The van der Waals surface area contributed by atoms with Crippen molar-refractivity contribution in [3.8, 4) is 0 Å². The van der Waals surface area contributed by atoms with E-state index in [1.807, 2.05) is 0 Å². The van der Waals surface area contributed by atoms with Crippen molar-refractivity contribution in [1.82, 2.24) is 4.98 Å². The topological polar surface area (TPSA) is 50.9 Å². The summed E-state index contributed by atoms with van der Waals surface area (Å²) in [5, 5.41) is 2.91. The third kappa shape index (κ3) is 2.74. The number of anilines is 3. The van der Waals surface area contributed by atoms with E-state index in [-0.39, 0.29) is 5.82 Å². The molecule has 17 heavy (non-hydrogen) atoms. The van der Waals surface area contributed by atoms with Crippen molar-refractivity contribution in [2.75, 3.05) is 11.1 Å². The molecule has 0 bridgehead atoms. The number of nitrogen functional groups attached to an aromatic ring is 1. The Labute approximate surface area is 107 Å². The average Bonchev–Trinajstić information content (AvgIpc) is 2.29. The summed E-state index contributed by atoms with van der Waals surface area (Å²) in [6, 6.07) is 8.13. The van der Waals surface area contributed by atoms with Crippen LogP contribution in [0.25, 0.3) is 0 Å². The molecule has 0 amide bonds. The lowest BCUT2D eigenvalue weighted by Gasteiger charge is -2.08. The first-order valence-corrected chi connectivity index (χ1v) is 5.81. The molecule has 0 radical (unpaired) electrons. The lowest BCUT2D eigenvalue weighted by atomic mass is 10.3. The van der Waals surface area contributed by atoms with E-state index in [9.17, 15) is 4.39 Å². The third-order valence-corrected chi connectivity index (χ3v) is 2.81. The standard InChI is InChI=1S/C12H11BrFN3/c1-7-10(15)4-5-12(16-7)17-11-6-8(13)2-3-9(11)14/h2-6H,15H2,1H3,(H,16,17). The van der Waals surface area contributed by atoms with Crippen LogP contribution < -0.4 is 11.1 Å². The van der Waals surface area contributed by atoms with Crippen LogP contribution in [0.5, 0.6) is 0 Å². The highest BCUT2D eigenvalue weighted by atomic mass is 79.9. The van der Waals surface area contributed by atoms with Crippen molar-refractivity contribution >= 4 is 33.1 Å². The Bertz CT molecular complexity index is 557. The number of benzene rings is 1. The average molecular weight is 296 g/mol. The molecule has 0 saturated heterocycles. The number of nitrogens with two attached hydrogens (primary N) is 1. The van der Waals surface area contributed by atoms with E-state index in [4.69, 9.17) is 5.73 Å². The number of pyridine rings is 1. The van der Waals surface area contributed by atoms with Gasteiger partial charge in [0.05, 0.1) is 17.1 Å². The highest BCUT2D eigenvalue weighted by molar-refractivity contribution is 9.10. The molecule has 0 spiro atoms. The zero-order valence-corrected chi connectivity index (χ0v) is 10.8. The minimum absolute atomic E-state index is 0.329. The van der Waals surface area contributed by atoms with Gasteiger partial charge >= 0.3 is 0 Å². The molecule has 1 aromatic heterocycles. The fourth-order valence-corrected chi connectivity index (χ4v) is 1.73. The van der Waals surface area contributed by atoms with Crippen LogP contribution in [-0.4, -0.2) is 4.98 Å². The highest BCUT2D eigenvalue weighted by Gasteiger charge is 2.04. The smallest absolute Gasteiger partial charge is 0.146 e. The monoisotopic (exact) mass is 295 g/mol. The molecule has 5 heteroatoms. The minimum atomic E-state index is -0.329. The van der Waals surface area contributed by atoms with Gasteiger partial charge in [-0.25, -0.2) is 9.37 Å². The molecule has 0 saturated carbocycles. The summed E-state index contributed by atoms with van der Waals surface area (Å²) in [7, 11) is 0. The number of hydrogen-bond acceptors (Lipinski definition) is 3. The van der Waals surface area contributed by atoms with Gasteiger partial charge in [-0.15, -0.1) is 0 Å². The zero-order chi connectivity index (χ0) is 12.4. The van der Waals surface area contributed by atoms with Crippen LogP contribution >= 0.6 is 15.9 Å². The zero-order valence-electron chi connectivity index (χ0n) is 9.17. The molecular formula is C12H11BrFN3. The summed E-state index contributed by atoms with van der Waals surface area (Å²) in [6.07, 6.45) is 0. The molecule has 1 heterocycles. The Kier molecular flexibility index (Phi) is 3.28. The summed E-state index contributed by atoms with van der Waals surface area (Å²) in [5.41, 5.74) is 7.36. The molecule has 88 valence electrons. The Hall–Kier alpha value is -1.62. The van der Waals surface area contributed by atoms with Crippen LogP contribution in [0.1, 0.15) is 5.69 Å². The molecule has 2 aromatic rings. The van der Waals surface area contributed by atoms with E-state index >= 15 is 0 Å². The largest absolute Gasteiger partial charge is 0.397 e. The number of nitrogens with one attached hydrogen (secondary N) is 1. The molecule has 0 unspecified atom stereocenters. The first kappa shape index (κ1) is 11.9. The summed E-state index contributed by atoms with van der Waals surface area (Å²) >= 11 is 3.29. The number of aryl methyl sites for hydroxylation is 1. The number of hydrogen-bond donors (Lipinski definition) is 2. The van der Waals surface area contributed by atoms with Crippen LogP contribution in [0.15, 0.2) is 34.8 Å². The predicted octanol–water partition coefficient (Wildman–Crippen LogP) is 3.62. The fourth-order valence-electron chi connectivity index (χ4n) is 1.37. The molecule has 0 aliphatic rings. The molecule has 0 fully saturated rings. The van der Waals surface area contributed by atoms with Gasteiger partial charge in [0.1, 0.15) is 11.6 Å². The Morgan fingerprint density at radius 2 is 2.06 bits per heavy atom. The van der Waals surface area contributed by atoms with Crippen molar-refractivity contribution in [3.63, 3.8) is 0 Å². The Morgan fingerprint density at radius 1 is 1.29 bits per heavy atom. The first-order chi connectivity index (χ1) is 8.06. The van der Waals surface area contributed by atoms with E-state index in [1.54, 1.807) is 31.2 Å². The van der Waals surface area contributed by atoms with Gasteiger partial charge in [-0.3, -0.25) is 0 Å². The van der Waals surface area contributed by atoms with E-state index in [0.717, 1.165) is 4.47 Å². The number of aromatic nitrogens is 1. The van der Waals surface area contributed by atoms with Crippen LogP contribution in [0.2, 0.25) is 0 Å². The molecule has 3 nitrogen and oxygen atoms in total. The highest BCUT2D eigenvalue weighted by Crippen LogP contribution is 2.23. The summed E-state index contributed by atoms with van der Waals surface area (Å²) in [6.45, 7) is 1.80. The quantitative estimate of drug-likeness (QED) is 0.890. The van der Waals surface area contributed by atoms with E-state index in [0.29, 0.717) is 22.9 Å². The lowest BCUT2D eigenvalue weighted by molar-refractivity contribution is 0.631. The molecule has 3 N–H and O–H groups in total. The number of nitrogens with zero attached hydrogens (tertiary/aromatic N) is 1. The van der Waals surface area contributed by atoms with Crippen LogP contribution in [0.4, 0.5) is 21.6 Å². The SMILES string of the molecule is Cc1nc(Nc2cc(Br)ccc2F)ccc1N. The number of halogens is 2. The molecule has 0 atom stereocenters. The maximum Gasteiger partial charge on any atom is 0.146 e. The van der Waals surface area contributed by atoms with Gasteiger partial charge in [-0.05, 0) is 37.3 Å². The lowest BCUT2D eigenvalue weighted by Crippen LogP contribution is -1.99. The van der Waals surface area contributed by atoms with Gasteiger partial charge in [-0.2, -0.15) is 0 Å². The van der Waals surface area contributed by atoms with Crippen LogP contribution in [0, 0.1) is 12.7 Å². The van der Waals surface area contributed by atoms with Gasteiger partial charge in [0, 0.05) is 4.47 Å². The summed E-state index contributed by atoms with van der Waals surface area (Å²) < 4.78 is 14.3. The molecule has 1 aromatic carbocycles. The predicted molar refractivity (Wildman–Crippen MR) is 70.8 cm³/mol. The molecule has 0 aliphatic carbocycles. The van der Waals surface area contributed by atoms with Crippen molar-refractivity contribution in [2.24, 2.45) is 0 Å². The van der Waals surface area contributed by atoms with Crippen molar-refractivity contribution < 1.29 is 4.39 Å². The van der Waals surface area contributed by atoms with E-state index in [1.165, 1.54) is 6.07 Å². The van der Waals surface area contributed by atoms with E-state index < -0.39 is 0 Å². The summed E-state index contributed by atoms with van der Waals surface area (Å²) in [4.78, 5) is 4.22. The van der Waals surface area contributed by atoms with Crippen LogP contribution in [0.3, 0.4) is 0 Å². The maximum absolute atomic E-state index is 13.5. The van der Waals surface area contributed by atoms with Gasteiger partial charge in [-0.1, -0.05) is 15.9 Å². The van der Waals surface area contributed by atoms with Crippen LogP contribution in [-0.2, 0) is 0 Å². The first-order valence-electron chi connectivity index (χ1n) is 5.01. The molecular weight excluding hydrogens is 285 g/mol. The second-order valence-corrected chi connectivity index (χ2v) is 4.54. The number of rotatable bonds is 2. The van der Waals surface area contributed by atoms with E-state index in [2.05, 4.69) is 26.2 Å². The van der Waals surface area contributed by atoms with Gasteiger partial charge < -0.3 is 11.1 Å². The second-order valence-electron chi connectivity index (χ2n) is 3.62. The normalized spacial score (nSPS) is 10.3. The second kappa shape index (κ2) is 4.71. The van der Waals surface area contributed by atoms with Crippen molar-refractivity contribution in [1.29, 1.82) is 0 Å². The third-order valence-electron chi connectivity index (χ3n) is 2.32. The Morgan fingerprint density at radius 3 is 2.76 bits per heavy atom. The van der Waals surface area contributed by atoms with Gasteiger partial charge in [0.2, 0.25) is 0 Å². The maximum atomic E-state index is 13.5. The Balaban J connectivity index is 2.31. The minimum Gasteiger partial charge on any atom is -0.397 e. The van der Waals surface area contributed by atoms with Crippen molar-refractivity contribution in [3.05, 3.63) is 46.3 Å². The van der Waals surface area contributed by atoms with Gasteiger partial charge in [0.25, 0.3) is 0 Å². The van der Waals surface area contributed by atoms with Gasteiger partial charge in [0.15, 0.2) is 0 Å². The molecule has 2 rings (SSSR count).